The van der Waals surface area contributed by atoms with Crippen molar-refractivity contribution in [1.82, 2.24) is 5.32 Å². The van der Waals surface area contributed by atoms with E-state index in [1.165, 1.54) is 24.0 Å². The van der Waals surface area contributed by atoms with Crippen molar-refractivity contribution in [3.05, 3.63) is 47.5 Å². The minimum atomic E-state index is 0.864. The normalized spacial score (nSPS) is 15.8. The fraction of sp³-hybridized carbons (Fsp3) is 0.467. The minimum absolute atomic E-state index is 0.864. The second-order valence-electron chi connectivity index (χ2n) is 4.55. The van der Waals surface area contributed by atoms with Gasteiger partial charge in [-0.25, -0.2) is 0 Å². The molecule has 1 saturated carbocycles. The number of hydrogen-bond donors (Lipinski definition) is 1. The highest BCUT2D eigenvalue weighted by Gasteiger charge is 2.23. The van der Waals surface area contributed by atoms with E-state index in [4.69, 9.17) is 0 Å². The standard InChI is InChI=1S/C15H21N/c1-2-3-4-10-16-12-13-6-5-7-15(11-13)14-8-9-14/h2-3,5-7,11,14,16H,4,8-10,12H2,1H3/b3-2+. The van der Waals surface area contributed by atoms with Gasteiger partial charge in [-0.05, 0) is 49.8 Å². The molecule has 1 aromatic rings. The lowest BCUT2D eigenvalue weighted by Gasteiger charge is -2.05. The summed E-state index contributed by atoms with van der Waals surface area (Å²) < 4.78 is 0. The molecule has 0 atom stereocenters. The van der Waals surface area contributed by atoms with Crippen molar-refractivity contribution in [2.45, 2.75) is 38.6 Å². The highest BCUT2D eigenvalue weighted by Crippen LogP contribution is 2.40. The average Bonchev–Trinajstić information content (AvgIpc) is 3.13. The third-order valence-electron chi connectivity index (χ3n) is 3.05. The zero-order chi connectivity index (χ0) is 11.2. The average molecular weight is 215 g/mol. The Bertz CT molecular complexity index is 350. The molecular weight excluding hydrogens is 194 g/mol. The minimum Gasteiger partial charge on any atom is -0.312 e. The van der Waals surface area contributed by atoms with Crippen molar-refractivity contribution >= 4 is 0 Å². The molecule has 0 unspecified atom stereocenters. The van der Waals surface area contributed by atoms with E-state index in [1.54, 1.807) is 0 Å². The van der Waals surface area contributed by atoms with E-state index >= 15 is 0 Å². The SMILES string of the molecule is C/C=C/CCNCc1cccc(C2CC2)c1. The lowest BCUT2D eigenvalue weighted by atomic mass is 10.1. The van der Waals surface area contributed by atoms with E-state index in [0.29, 0.717) is 0 Å². The Morgan fingerprint density at radius 1 is 1.38 bits per heavy atom. The molecular formula is C15H21N. The Labute approximate surface area is 98.6 Å². The summed E-state index contributed by atoms with van der Waals surface area (Å²) in [6.45, 7) is 4.13. The lowest BCUT2D eigenvalue weighted by molar-refractivity contribution is 0.694. The van der Waals surface area contributed by atoms with Crippen LogP contribution in [0.3, 0.4) is 0 Å². The van der Waals surface area contributed by atoms with Crippen LogP contribution in [0.25, 0.3) is 0 Å². The third-order valence-corrected chi connectivity index (χ3v) is 3.05. The quantitative estimate of drug-likeness (QED) is 0.564. The molecule has 0 radical (unpaired) electrons. The van der Waals surface area contributed by atoms with Gasteiger partial charge in [0, 0.05) is 6.54 Å². The number of rotatable bonds is 6. The van der Waals surface area contributed by atoms with Gasteiger partial charge in [0.15, 0.2) is 0 Å². The van der Waals surface area contributed by atoms with Crippen LogP contribution in [0.2, 0.25) is 0 Å². The first kappa shape index (κ1) is 11.4. The maximum atomic E-state index is 3.47. The maximum absolute atomic E-state index is 3.47. The van der Waals surface area contributed by atoms with Gasteiger partial charge in [0.25, 0.3) is 0 Å². The van der Waals surface area contributed by atoms with Crippen molar-refractivity contribution in [3.63, 3.8) is 0 Å². The van der Waals surface area contributed by atoms with Crippen molar-refractivity contribution in [2.75, 3.05) is 6.54 Å². The molecule has 0 amide bonds. The predicted octanol–water partition coefficient (Wildman–Crippen LogP) is 3.62. The van der Waals surface area contributed by atoms with Gasteiger partial charge in [0.1, 0.15) is 0 Å². The van der Waals surface area contributed by atoms with Crippen LogP contribution in [0, 0.1) is 0 Å². The highest BCUT2D eigenvalue weighted by molar-refractivity contribution is 5.29. The van der Waals surface area contributed by atoms with Gasteiger partial charge in [-0.3, -0.25) is 0 Å². The summed E-state index contributed by atoms with van der Waals surface area (Å²) in [5.41, 5.74) is 2.96. The van der Waals surface area contributed by atoms with Crippen molar-refractivity contribution < 1.29 is 0 Å². The van der Waals surface area contributed by atoms with Crippen LogP contribution in [-0.4, -0.2) is 6.54 Å². The fourth-order valence-electron chi connectivity index (χ4n) is 1.96. The second-order valence-corrected chi connectivity index (χ2v) is 4.55. The molecule has 1 aliphatic carbocycles. The summed E-state index contributed by atoms with van der Waals surface area (Å²) >= 11 is 0. The molecule has 1 N–H and O–H groups in total. The summed E-state index contributed by atoms with van der Waals surface area (Å²) in [6, 6.07) is 9.03. The molecule has 0 bridgehead atoms. The van der Waals surface area contributed by atoms with Gasteiger partial charge in [0.2, 0.25) is 0 Å². The number of hydrogen-bond acceptors (Lipinski definition) is 1. The second kappa shape index (κ2) is 5.86. The zero-order valence-corrected chi connectivity index (χ0v) is 10.1. The van der Waals surface area contributed by atoms with Crippen molar-refractivity contribution in [3.8, 4) is 0 Å². The molecule has 0 heterocycles. The Hall–Kier alpha value is -1.08. The van der Waals surface area contributed by atoms with E-state index in [1.807, 2.05) is 0 Å². The Balaban J connectivity index is 1.77. The first-order valence-electron chi connectivity index (χ1n) is 6.31. The maximum Gasteiger partial charge on any atom is 0.0205 e. The summed E-state index contributed by atoms with van der Waals surface area (Å²) in [5.74, 6) is 0.864. The first-order chi connectivity index (χ1) is 7.90. The van der Waals surface area contributed by atoms with Crippen LogP contribution in [0.15, 0.2) is 36.4 Å². The van der Waals surface area contributed by atoms with Gasteiger partial charge in [-0.1, -0.05) is 36.4 Å². The van der Waals surface area contributed by atoms with E-state index in [-0.39, 0.29) is 0 Å². The highest BCUT2D eigenvalue weighted by atomic mass is 14.8. The zero-order valence-electron chi connectivity index (χ0n) is 10.1. The van der Waals surface area contributed by atoms with E-state index < -0.39 is 0 Å². The topological polar surface area (TPSA) is 12.0 Å². The molecule has 0 aromatic heterocycles. The smallest absolute Gasteiger partial charge is 0.0205 e. The van der Waals surface area contributed by atoms with Gasteiger partial charge in [-0.15, -0.1) is 0 Å². The van der Waals surface area contributed by atoms with Gasteiger partial charge in [0.05, 0.1) is 0 Å². The van der Waals surface area contributed by atoms with E-state index in [2.05, 4.69) is 48.7 Å². The van der Waals surface area contributed by atoms with Crippen molar-refractivity contribution in [1.29, 1.82) is 0 Å². The Kier molecular flexibility index (Phi) is 4.17. The molecule has 1 nitrogen and oxygen atoms in total. The molecule has 86 valence electrons. The fourth-order valence-corrected chi connectivity index (χ4v) is 1.96. The number of benzene rings is 1. The number of nitrogens with one attached hydrogen (secondary N) is 1. The monoisotopic (exact) mass is 215 g/mol. The molecule has 0 saturated heterocycles. The van der Waals surface area contributed by atoms with Crippen LogP contribution >= 0.6 is 0 Å². The van der Waals surface area contributed by atoms with Gasteiger partial charge >= 0.3 is 0 Å². The Morgan fingerprint density at radius 3 is 3.00 bits per heavy atom. The molecule has 16 heavy (non-hydrogen) atoms. The van der Waals surface area contributed by atoms with Crippen LogP contribution in [-0.2, 0) is 6.54 Å². The van der Waals surface area contributed by atoms with Crippen LogP contribution in [0.5, 0.6) is 0 Å². The summed E-state index contributed by atoms with van der Waals surface area (Å²) in [7, 11) is 0. The first-order valence-corrected chi connectivity index (χ1v) is 6.31. The summed E-state index contributed by atoms with van der Waals surface area (Å²) in [6.07, 6.45) is 8.21. The van der Waals surface area contributed by atoms with Crippen LogP contribution < -0.4 is 5.32 Å². The predicted molar refractivity (Wildman–Crippen MR) is 69.6 cm³/mol. The molecule has 0 aliphatic heterocycles. The summed E-state index contributed by atoms with van der Waals surface area (Å²) in [5, 5.41) is 3.47. The van der Waals surface area contributed by atoms with Crippen LogP contribution in [0.1, 0.15) is 43.2 Å². The third kappa shape index (κ3) is 3.49. The van der Waals surface area contributed by atoms with Gasteiger partial charge in [-0.2, -0.15) is 0 Å². The number of allylic oxidation sites excluding steroid dienone is 1. The van der Waals surface area contributed by atoms with Gasteiger partial charge < -0.3 is 5.32 Å². The molecule has 1 aromatic carbocycles. The van der Waals surface area contributed by atoms with E-state index in [9.17, 15) is 0 Å². The van der Waals surface area contributed by atoms with Crippen LogP contribution in [0.4, 0.5) is 0 Å². The molecule has 1 heteroatoms. The summed E-state index contributed by atoms with van der Waals surface area (Å²) in [4.78, 5) is 0. The van der Waals surface area contributed by atoms with E-state index in [0.717, 1.165) is 25.4 Å². The lowest BCUT2D eigenvalue weighted by Crippen LogP contribution is -2.14. The molecule has 1 aliphatic rings. The molecule has 0 spiro atoms. The Morgan fingerprint density at radius 2 is 2.25 bits per heavy atom. The molecule has 2 rings (SSSR count). The largest absolute Gasteiger partial charge is 0.312 e. The van der Waals surface area contributed by atoms with Crippen molar-refractivity contribution in [2.24, 2.45) is 0 Å². The molecule has 1 fully saturated rings.